The molecule has 0 unspecified atom stereocenters. The topological polar surface area (TPSA) is 52.6 Å². The lowest BCUT2D eigenvalue weighted by atomic mass is 9.66. The number of halogens is 1. The molecule has 5 rings (SSSR count). The molecule has 3 aliphatic rings. The first-order valence-corrected chi connectivity index (χ1v) is 9.71. The van der Waals surface area contributed by atoms with E-state index in [1.165, 1.54) is 0 Å². The van der Waals surface area contributed by atoms with Gasteiger partial charge in [0, 0.05) is 33.0 Å². The van der Waals surface area contributed by atoms with Gasteiger partial charge in [-0.3, -0.25) is 9.59 Å². The molecule has 0 spiro atoms. The van der Waals surface area contributed by atoms with Gasteiger partial charge in [0.15, 0.2) is 11.5 Å². The zero-order valence-corrected chi connectivity index (χ0v) is 16.5. The Kier molecular flexibility index (Phi) is 3.44. The molecule has 0 fully saturated rings. The summed E-state index contributed by atoms with van der Waals surface area (Å²) in [6.45, 7) is 4.35. The fraction of sp³-hybridized carbons (Fsp3) is 0.273. The first-order valence-electron chi connectivity index (χ1n) is 8.92. The van der Waals surface area contributed by atoms with E-state index in [9.17, 15) is 9.59 Å². The maximum absolute atomic E-state index is 13.4. The smallest absolute Gasteiger partial charge is 0.228 e. The average Bonchev–Trinajstić information content (AvgIpc) is 2.65. The summed E-state index contributed by atoms with van der Waals surface area (Å²) in [5, 5.41) is 0. The van der Waals surface area contributed by atoms with Crippen LogP contribution < -0.4 is 4.74 Å². The van der Waals surface area contributed by atoms with Crippen LogP contribution in [0.25, 0.3) is 0 Å². The van der Waals surface area contributed by atoms with Crippen molar-refractivity contribution in [1.29, 1.82) is 0 Å². The highest BCUT2D eigenvalue weighted by Gasteiger charge is 2.53. The van der Waals surface area contributed by atoms with Gasteiger partial charge in [0.1, 0.15) is 11.4 Å². The second kappa shape index (κ2) is 5.55. The van der Waals surface area contributed by atoms with Crippen LogP contribution in [0.2, 0.25) is 0 Å². The summed E-state index contributed by atoms with van der Waals surface area (Å²) in [6, 6.07) is 12.8. The number of ketones is 2. The third kappa shape index (κ3) is 2.27. The first kappa shape index (κ1) is 16.8. The van der Waals surface area contributed by atoms with Gasteiger partial charge in [-0.15, -0.1) is 0 Å². The summed E-state index contributed by atoms with van der Waals surface area (Å²) < 4.78 is 13.0. The van der Waals surface area contributed by atoms with Gasteiger partial charge in [-0.1, -0.05) is 40.2 Å². The normalized spacial score (nSPS) is 24.9. The molecule has 0 N–H and O–H groups in total. The van der Waals surface area contributed by atoms with Crippen molar-refractivity contribution in [3.8, 4) is 5.75 Å². The predicted molar refractivity (Wildman–Crippen MR) is 103 cm³/mol. The van der Waals surface area contributed by atoms with Crippen LogP contribution in [0.4, 0.5) is 0 Å². The van der Waals surface area contributed by atoms with E-state index in [0.29, 0.717) is 23.3 Å². The average molecular weight is 425 g/mol. The molecule has 4 nitrogen and oxygen atoms in total. The van der Waals surface area contributed by atoms with Crippen LogP contribution in [0.5, 0.6) is 5.75 Å². The van der Waals surface area contributed by atoms with E-state index in [1.807, 2.05) is 32.0 Å². The van der Waals surface area contributed by atoms with Crippen LogP contribution in [0.15, 0.2) is 58.3 Å². The third-order valence-electron chi connectivity index (χ3n) is 5.81. The summed E-state index contributed by atoms with van der Waals surface area (Å²) in [4.78, 5) is 26.6. The Labute approximate surface area is 165 Å². The van der Waals surface area contributed by atoms with Gasteiger partial charge in [-0.2, -0.15) is 0 Å². The molecule has 0 aromatic heterocycles. The largest absolute Gasteiger partial charge is 0.493 e. The summed E-state index contributed by atoms with van der Waals surface area (Å²) in [6.07, 6.45) is 0. The highest BCUT2D eigenvalue weighted by atomic mass is 79.9. The summed E-state index contributed by atoms with van der Waals surface area (Å²) >= 11 is 3.52. The quantitative estimate of drug-likeness (QED) is 0.615. The van der Waals surface area contributed by atoms with Gasteiger partial charge in [0.25, 0.3) is 0 Å². The van der Waals surface area contributed by atoms with Crippen LogP contribution in [-0.4, -0.2) is 23.8 Å². The minimum atomic E-state index is -0.633. The number of ether oxygens (including phenoxy) is 2. The number of hydrogen-bond donors (Lipinski definition) is 0. The van der Waals surface area contributed by atoms with E-state index in [1.54, 1.807) is 24.3 Å². The van der Waals surface area contributed by atoms with Gasteiger partial charge in [-0.25, -0.2) is 0 Å². The molecule has 2 heterocycles. The molecule has 5 heteroatoms. The Morgan fingerprint density at radius 2 is 1.74 bits per heavy atom. The van der Waals surface area contributed by atoms with Crippen molar-refractivity contribution < 1.29 is 19.1 Å². The standard InChI is InChI=1S/C22H17BrO4/c1-22(2)15-10-26-16-8-7-11(23)9-14(16)17(15)18-19(24)12-5-3-4-6-13(12)20(25)21(18)27-22/h3-9,15,17H,10H2,1-2H3/t15-,17+/m1/s1. The number of carbonyl (C=O) groups excluding carboxylic acids is 2. The van der Waals surface area contributed by atoms with Crippen LogP contribution in [-0.2, 0) is 4.74 Å². The lowest BCUT2D eigenvalue weighted by Crippen LogP contribution is -2.50. The molecule has 1 aliphatic carbocycles. The highest BCUT2D eigenvalue weighted by Crippen LogP contribution is 2.53. The van der Waals surface area contributed by atoms with Crippen molar-refractivity contribution in [2.75, 3.05) is 6.61 Å². The van der Waals surface area contributed by atoms with Crippen molar-refractivity contribution in [2.24, 2.45) is 5.92 Å². The highest BCUT2D eigenvalue weighted by molar-refractivity contribution is 9.10. The van der Waals surface area contributed by atoms with Crippen LogP contribution >= 0.6 is 15.9 Å². The van der Waals surface area contributed by atoms with Crippen molar-refractivity contribution in [3.63, 3.8) is 0 Å². The fourth-order valence-electron chi connectivity index (χ4n) is 4.44. The van der Waals surface area contributed by atoms with Crippen LogP contribution in [0.1, 0.15) is 46.0 Å². The Bertz CT molecular complexity index is 1050. The van der Waals surface area contributed by atoms with E-state index in [4.69, 9.17) is 9.47 Å². The number of hydrogen-bond acceptors (Lipinski definition) is 4. The van der Waals surface area contributed by atoms with Crippen molar-refractivity contribution in [3.05, 3.63) is 75.0 Å². The van der Waals surface area contributed by atoms with Gasteiger partial charge >= 0.3 is 0 Å². The lowest BCUT2D eigenvalue weighted by molar-refractivity contribution is -0.0595. The minimum absolute atomic E-state index is 0.0694. The van der Waals surface area contributed by atoms with Crippen molar-refractivity contribution in [2.45, 2.75) is 25.4 Å². The predicted octanol–water partition coefficient (Wildman–Crippen LogP) is 4.68. The minimum Gasteiger partial charge on any atom is -0.493 e. The maximum atomic E-state index is 13.4. The van der Waals surface area contributed by atoms with E-state index in [0.717, 1.165) is 15.8 Å². The monoisotopic (exact) mass is 424 g/mol. The van der Waals surface area contributed by atoms with E-state index in [-0.39, 0.29) is 29.2 Å². The number of benzene rings is 2. The second-order valence-electron chi connectivity index (χ2n) is 7.73. The van der Waals surface area contributed by atoms with E-state index >= 15 is 0 Å². The zero-order valence-electron chi connectivity index (χ0n) is 14.9. The molecule has 0 amide bonds. The Morgan fingerprint density at radius 3 is 2.48 bits per heavy atom. The number of fused-ring (bicyclic) bond motifs is 5. The van der Waals surface area contributed by atoms with Crippen molar-refractivity contribution >= 4 is 27.5 Å². The zero-order chi connectivity index (χ0) is 18.9. The van der Waals surface area contributed by atoms with Crippen molar-refractivity contribution in [1.82, 2.24) is 0 Å². The number of carbonyl (C=O) groups is 2. The summed E-state index contributed by atoms with van der Waals surface area (Å²) in [5.74, 6) is 0.295. The molecule has 0 radical (unpaired) electrons. The molecule has 0 saturated carbocycles. The third-order valence-corrected chi connectivity index (χ3v) is 6.30. The summed E-state index contributed by atoms with van der Waals surface area (Å²) in [5.41, 5.74) is 1.62. The van der Waals surface area contributed by atoms with Crippen LogP contribution in [0.3, 0.4) is 0 Å². The molecular weight excluding hydrogens is 408 g/mol. The molecule has 2 atom stereocenters. The maximum Gasteiger partial charge on any atom is 0.228 e. The van der Waals surface area contributed by atoms with Gasteiger partial charge in [-0.05, 0) is 32.0 Å². The summed E-state index contributed by atoms with van der Waals surface area (Å²) in [7, 11) is 0. The number of allylic oxidation sites excluding steroid dienone is 2. The Hall–Kier alpha value is -2.40. The van der Waals surface area contributed by atoms with Crippen LogP contribution in [0, 0.1) is 5.92 Å². The van der Waals surface area contributed by atoms with Gasteiger partial charge in [0.2, 0.25) is 5.78 Å². The fourth-order valence-corrected chi connectivity index (χ4v) is 4.82. The Morgan fingerprint density at radius 1 is 1.04 bits per heavy atom. The molecule has 136 valence electrons. The lowest BCUT2D eigenvalue weighted by Gasteiger charge is -2.48. The Balaban J connectivity index is 1.79. The SMILES string of the molecule is CC1(C)OC2=C(C(=O)c3ccccc3C2=O)[C@H]2c3cc(Br)ccc3OC[C@H]21. The molecule has 2 aromatic rings. The van der Waals surface area contributed by atoms with E-state index < -0.39 is 5.60 Å². The molecule has 2 aromatic carbocycles. The van der Waals surface area contributed by atoms with E-state index in [2.05, 4.69) is 15.9 Å². The first-order chi connectivity index (χ1) is 12.9. The molecule has 0 saturated heterocycles. The number of Topliss-reactive ketones (excluding diaryl/α,β-unsaturated/α-hetero) is 2. The molecular formula is C22H17BrO4. The molecule has 0 bridgehead atoms. The van der Waals surface area contributed by atoms with Gasteiger partial charge < -0.3 is 9.47 Å². The molecule has 27 heavy (non-hydrogen) atoms. The molecule has 2 aliphatic heterocycles. The number of rotatable bonds is 0. The van der Waals surface area contributed by atoms with Gasteiger partial charge in [0.05, 0.1) is 12.2 Å². The second-order valence-corrected chi connectivity index (χ2v) is 8.65.